The summed E-state index contributed by atoms with van der Waals surface area (Å²) in [7, 11) is 0. The van der Waals surface area contributed by atoms with Crippen molar-refractivity contribution in [3.63, 3.8) is 0 Å². The van der Waals surface area contributed by atoms with E-state index >= 15 is 0 Å². The fraction of sp³-hybridized carbons (Fsp3) is 0.200. The monoisotopic (exact) mass is 358 g/mol. The van der Waals surface area contributed by atoms with Crippen LogP contribution in [0, 0.1) is 5.82 Å². The summed E-state index contributed by atoms with van der Waals surface area (Å²) < 4.78 is 19.5. The summed E-state index contributed by atoms with van der Waals surface area (Å²) in [5.41, 5.74) is 1.42. The molecule has 0 radical (unpaired) electrons. The van der Waals surface area contributed by atoms with Gasteiger partial charge >= 0.3 is 0 Å². The van der Waals surface area contributed by atoms with Gasteiger partial charge in [0.2, 0.25) is 0 Å². The van der Waals surface area contributed by atoms with Crippen LogP contribution in [-0.2, 0) is 6.61 Å². The lowest BCUT2D eigenvalue weighted by Gasteiger charge is -2.11. The van der Waals surface area contributed by atoms with Crippen molar-refractivity contribution >= 4 is 27.5 Å². The Morgan fingerprint density at radius 2 is 2.05 bits per heavy atom. The molecule has 0 aliphatic rings. The van der Waals surface area contributed by atoms with E-state index in [1.807, 2.05) is 0 Å². The minimum absolute atomic E-state index is 0.212. The second-order valence-corrected chi connectivity index (χ2v) is 5.76. The summed E-state index contributed by atoms with van der Waals surface area (Å²) in [5, 5.41) is 9.88. The summed E-state index contributed by atoms with van der Waals surface area (Å²) in [6.07, 6.45) is -0.583. The zero-order valence-corrected chi connectivity index (χ0v) is 13.1. The first-order chi connectivity index (χ1) is 9.45. The Kier molecular flexibility index (Phi) is 5.02. The van der Waals surface area contributed by atoms with Crippen molar-refractivity contribution in [3.8, 4) is 5.75 Å². The predicted octanol–water partition coefficient (Wildman–Crippen LogP) is 4.87. The number of hydrogen-bond donors (Lipinski definition) is 1. The molecule has 20 heavy (non-hydrogen) atoms. The quantitative estimate of drug-likeness (QED) is 0.843. The predicted molar refractivity (Wildman–Crippen MR) is 80.5 cm³/mol. The molecule has 106 valence electrons. The molecule has 0 saturated carbocycles. The normalized spacial score (nSPS) is 12.2. The Hall–Kier alpha value is -1.10. The smallest absolute Gasteiger partial charge is 0.138 e. The van der Waals surface area contributed by atoms with Crippen molar-refractivity contribution in [2.75, 3.05) is 0 Å². The fourth-order valence-corrected chi connectivity index (χ4v) is 2.51. The zero-order valence-electron chi connectivity index (χ0n) is 10.7. The van der Waals surface area contributed by atoms with E-state index in [1.165, 1.54) is 12.1 Å². The maximum atomic E-state index is 13.2. The number of benzene rings is 2. The Labute approximate surface area is 130 Å². The molecule has 0 fully saturated rings. The third-order valence-corrected chi connectivity index (χ3v) is 3.51. The van der Waals surface area contributed by atoms with Crippen LogP contribution in [0.4, 0.5) is 4.39 Å². The van der Waals surface area contributed by atoms with Crippen LogP contribution < -0.4 is 4.74 Å². The first kappa shape index (κ1) is 15.3. The Morgan fingerprint density at radius 1 is 1.30 bits per heavy atom. The Morgan fingerprint density at radius 3 is 2.65 bits per heavy atom. The van der Waals surface area contributed by atoms with Gasteiger partial charge in [-0.25, -0.2) is 4.39 Å². The molecule has 0 spiro atoms. The largest absolute Gasteiger partial charge is 0.487 e. The van der Waals surface area contributed by atoms with Gasteiger partial charge in [-0.15, -0.1) is 0 Å². The molecule has 5 heteroatoms. The van der Waals surface area contributed by atoms with Crippen LogP contribution in [0.25, 0.3) is 0 Å². The molecule has 2 rings (SSSR count). The highest BCUT2D eigenvalue weighted by Crippen LogP contribution is 2.28. The van der Waals surface area contributed by atoms with Gasteiger partial charge in [0, 0.05) is 4.47 Å². The van der Waals surface area contributed by atoms with Gasteiger partial charge in [0.15, 0.2) is 0 Å². The van der Waals surface area contributed by atoms with Gasteiger partial charge in [0.1, 0.15) is 18.2 Å². The van der Waals surface area contributed by atoms with Gasteiger partial charge in [-0.1, -0.05) is 33.6 Å². The molecule has 0 heterocycles. The molecule has 0 aromatic heterocycles. The van der Waals surface area contributed by atoms with Gasteiger partial charge < -0.3 is 9.84 Å². The first-order valence-corrected chi connectivity index (χ1v) is 7.18. The second-order valence-electron chi connectivity index (χ2n) is 4.43. The van der Waals surface area contributed by atoms with Crippen molar-refractivity contribution < 1.29 is 14.2 Å². The second kappa shape index (κ2) is 6.57. The highest BCUT2D eigenvalue weighted by Gasteiger charge is 2.07. The molecule has 0 amide bonds. The van der Waals surface area contributed by atoms with Crippen LogP contribution in [0.5, 0.6) is 5.75 Å². The van der Waals surface area contributed by atoms with Gasteiger partial charge in [-0.3, -0.25) is 0 Å². The molecule has 0 aliphatic carbocycles. The molecule has 2 nitrogen and oxygen atoms in total. The van der Waals surface area contributed by atoms with Gasteiger partial charge in [0.25, 0.3) is 0 Å². The average Bonchev–Trinajstić information content (AvgIpc) is 2.36. The minimum Gasteiger partial charge on any atom is -0.487 e. The standard InChI is InChI=1S/C15H13BrClFO2/c1-9(19)11-2-3-15(14(17)6-11)20-8-10-4-12(16)7-13(18)5-10/h2-7,9,19H,8H2,1H3. The lowest BCUT2D eigenvalue weighted by Crippen LogP contribution is -1.98. The summed E-state index contributed by atoms with van der Waals surface area (Å²) in [5.74, 6) is 0.171. The van der Waals surface area contributed by atoms with Crippen molar-refractivity contribution in [2.24, 2.45) is 0 Å². The number of hydrogen-bond acceptors (Lipinski definition) is 2. The Bertz CT molecular complexity index is 597. The van der Waals surface area contributed by atoms with E-state index in [1.54, 1.807) is 31.2 Å². The first-order valence-electron chi connectivity index (χ1n) is 6.01. The third kappa shape index (κ3) is 3.95. The zero-order chi connectivity index (χ0) is 14.7. The summed E-state index contributed by atoms with van der Waals surface area (Å²) in [6, 6.07) is 9.66. The van der Waals surface area contributed by atoms with E-state index in [0.717, 1.165) is 5.56 Å². The van der Waals surface area contributed by atoms with Crippen LogP contribution in [-0.4, -0.2) is 5.11 Å². The van der Waals surface area contributed by atoms with E-state index in [-0.39, 0.29) is 12.4 Å². The lowest BCUT2D eigenvalue weighted by molar-refractivity contribution is 0.199. The van der Waals surface area contributed by atoms with Crippen molar-refractivity contribution in [2.45, 2.75) is 19.6 Å². The van der Waals surface area contributed by atoms with Crippen LogP contribution in [0.1, 0.15) is 24.2 Å². The number of rotatable bonds is 4. The molecule has 0 aliphatic heterocycles. The molecule has 1 unspecified atom stereocenters. The highest BCUT2D eigenvalue weighted by atomic mass is 79.9. The molecule has 0 saturated heterocycles. The lowest BCUT2D eigenvalue weighted by atomic mass is 10.1. The Balaban J connectivity index is 2.11. The number of aliphatic hydroxyl groups excluding tert-OH is 1. The van der Waals surface area contributed by atoms with E-state index < -0.39 is 6.10 Å². The summed E-state index contributed by atoms with van der Waals surface area (Å²) in [4.78, 5) is 0. The molecule has 1 atom stereocenters. The van der Waals surface area contributed by atoms with Gasteiger partial charge in [-0.05, 0) is 48.4 Å². The molecule has 0 bridgehead atoms. The van der Waals surface area contributed by atoms with Gasteiger partial charge in [0.05, 0.1) is 11.1 Å². The molecule has 2 aromatic rings. The number of aliphatic hydroxyl groups is 1. The maximum Gasteiger partial charge on any atom is 0.138 e. The average molecular weight is 360 g/mol. The van der Waals surface area contributed by atoms with Crippen LogP contribution in [0.2, 0.25) is 5.02 Å². The van der Waals surface area contributed by atoms with E-state index in [2.05, 4.69) is 15.9 Å². The van der Waals surface area contributed by atoms with Crippen LogP contribution in [0.3, 0.4) is 0 Å². The summed E-state index contributed by atoms with van der Waals surface area (Å²) in [6.45, 7) is 1.88. The summed E-state index contributed by atoms with van der Waals surface area (Å²) >= 11 is 9.31. The van der Waals surface area contributed by atoms with Crippen LogP contribution >= 0.6 is 27.5 Å². The fourth-order valence-electron chi connectivity index (χ4n) is 1.75. The topological polar surface area (TPSA) is 29.5 Å². The van der Waals surface area contributed by atoms with E-state index in [4.69, 9.17) is 16.3 Å². The molecular formula is C15H13BrClFO2. The SMILES string of the molecule is CC(O)c1ccc(OCc2cc(F)cc(Br)c2)c(Cl)c1. The van der Waals surface area contributed by atoms with Crippen LogP contribution in [0.15, 0.2) is 40.9 Å². The number of halogens is 3. The molecule has 2 aromatic carbocycles. The third-order valence-electron chi connectivity index (χ3n) is 2.76. The minimum atomic E-state index is -0.583. The van der Waals surface area contributed by atoms with Gasteiger partial charge in [-0.2, -0.15) is 0 Å². The van der Waals surface area contributed by atoms with Crippen molar-refractivity contribution in [1.82, 2.24) is 0 Å². The van der Waals surface area contributed by atoms with E-state index in [9.17, 15) is 9.50 Å². The highest BCUT2D eigenvalue weighted by molar-refractivity contribution is 9.10. The maximum absolute atomic E-state index is 13.2. The number of ether oxygens (including phenoxy) is 1. The van der Waals surface area contributed by atoms with E-state index in [0.29, 0.717) is 20.8 Å². The van der Waals surface area contributed by atoms with Crippen molar-refractivity contribution in [3.05, 3.63) is 62.8 Å². The molecular weight excluding hydrogens is 347 g/mol. The molecule has 1 N–H and O–H groups in total. The van der Waals surface area contributed by atoms with Crippen molar-refractivity contribution in [1.29, 1.82) is 0 Å².